The number of aryl methyl sites for hydroxylation is 1. The Morgan fingerprint density at radius 1 is 1.28 bits per heavy atom. The Kier molecular flexibility index (Phi) is 5.39. The summed E-state index contributed by atoms with van der Waals surface area (Å²) in [7, 11) is 0. The second kappa shape index (κ2) is 7.89. The summed E-state index contributed by atoms with van der Waals surface area (Å²) in [5.74, 6) is 0.153. The van der Waals surface area contributed by atoms with Gasteiger partial charge in [0.2, 0.25) is 5.95 Å². The molecule has 132 valence electrons. The number of morpholine rings is 1. The number of ether oxygens (including phenoxy) is 1. The summed E-state index contributed by atoms with van der Waals surface area (Å²) >= 11 is 0. The lowest BCUT2D eigenvalue weighted by atomic mass is 10.3. The molecule has 1 fully saturated rings. The van der Waals surface area contributed by atoms with Crippen molar-refractivity contribution >= 4 is 17.7 Å². The van der Waals surface area contributed by atoms with Gasteiger partial charge in [-0.25, -0.2) is 19.2 Å². The van der Waals surface area contributed by atoms with Crippen LogP contribution in [0.1, 0.15) is 11.4 Å². The Morgan fingerprint density at radius 3 is 2.80 bits per heavy atom. The number of carbonyl (C=O) groups excluding carboxylic acids is 1. The van der Waals surface area contributed by atoms with Crippen LogP contribution in [0.25, 0.3) is 0 Å². The highest BCUT2D eigenvalue weighted by Gasteiger charge is 2.15. The highest BCUT2D eigenvalue weighted by Crippen LogP contribution is 2.13. The van der Waals surface area contributed by atoms with E-state index in [4.69, 9.17) is 4.74 Å². The SMILES string of the molecule is Cc1cc(CNC(=O)Nc2ccccc2F)nc(N2CCOCC2)n1. The minimum absolute atomic E-state index is 0.132. The third-order valence-corrected chi connectivity index (χ3v) is 3.74. The fourth-order valence-corrected chi connectivity index (χ4v) is 2.51. The molecular formula is C17H20FN5O2. The Morgan fingerprint density at radius 2 is 2.04 bits per heavy atom. The van der Waals surface area contributed by atoms with Crippen molar-refractivity contribution in [3.63, 3.8) is 0 Å². The van der Waals surface area contributed by atoms with Gasteiger partial charge in [0.25, 0.3) is 0 Å². The van der Waals surface area contributed by atoms with Gasteiger partial charge in [-0.1, -0.05) is 12.1 Å². The van der Waals surface area contributed by atoms with E-state index in [2.05, 4.69) is 25.5 Å². The first-order valence-electron chi connectivity index (χ1n) is 8.08. The molecule has 1 aromatic carbocycles. The van der Waals surface area contributed by atoms with Crippen molar-refractivity contribution in [1.82, 2.24) is 15.3 Å². The molecule has 2 heterocycles. The number of halogens is 1. The molecule has 2 N–H and O–H groups in total. The highest BCUT2D eigenvalue weighted by atomic mass is 19.1. The molecule has 2 amide bonds. The summed E-state index contributed by atoms with van der Waals surface area (Å²) in [6, 6.07) is 7.33. The largest absolute Gasteiger partial charge is 0.378 e. The summed E-state index contributed by atoms with van der Waals surface area (Å²) in [5.41, 5.74) is 1.65. The van der Waals surface area contributed by atoms with E-state index in [0.717, 1.165) is 18.8 Å². The van der Waals surface area contributed by atoms with Gasteiger partial charge in [-0.3, -0.25) is 0 Å². The molecule has 2 aromatic rings. The quantitative estimate of drug-likeness (QED) is 0.887. The molecule has 3 rings (SSSR count). The van der Waals surface area contributed by atoms with Crippen molar-refractivity contribution in [3.05, 3.63) is 47.5 Å². The lowest BCUT2D eigenvalue weighted by molar-refractivity contribution is 0.122. The molecule has 25 heavy (non-hydrogen) atoms. The van der Waals surface area contributed by atoms with Crippen LogP contribution in [-0.4, -0.2) is 42.3 Å². The minimum atomic E-state index is -0.491. The number of benzene rings is 1. The second-order valence-corrected chi connectivity index (χ2v) is 5.69. The van der Waals surface area contributed by atoms with Crippen LogP contribution < -0.4 is 15.5 Å². The van der Waals surface area contributed by atoms with Crippen LogP contribution in [0.4, 0.5) is 20.8 Å². The molecule has 0 radical (unpaired) electrons. The number of carbonyl (C=O) groups is 1. The molecule has 0 unspecified atom stereocenters. The number of nitrogens with one attached hydrogen (secondary N) is 2. The maximum atomic E-state index is 13.5. The number of anilines is 2. The lowest BCUT2D eigenvalue weighted by Crippen LogP contribution is -2.37. The predicted octanol–water partition coefficient (Wildman–Crippen LogP) is 2.08. The van der Waals surface area contributed by atoms with Crippen LogP contribution in [0.15, 0.2) is 30.3 Å². The monoisotopic (exact) mass is 345 g/mol. The summed E-state index contributed by atoms with van der Waals surface area (Å²) in [4.78, 5) is 22.9. The fraction of sp³-hybridized carbons (Fsp3) is 0.353. The van der Waals surface area contributed by atoms with E-state index in [9.17, 15) is 9.18 Å². The van der Waals surface area contributed by atoms with Crippen LogP contribution in [-0.2, 0) is 11.3 Å². The second-order valence-electron chi connectivity index (χ2n) is 5.69. The van der Waals surface area contributed by atoms with E-state index in [1.165, 1.54) is 12.1 Å². The molecular weight excluding hydrogens is 325 g/mol. The topological polar surface area (TPSA) is 79.4 Å². The number of amides is 2. The highest BCUT2D eigenvalue weighted by molar-refractivity contribution is 5.89. The number of urea groups is 1. The Bertz CT molecular complexity index is 750. The number of hydrogen-bond donors (Lipinski definition) is 2. The smallest absolute Gasteiger partial charge is 0.319 e. The first-order chi connectivity index (χ1) is 12.1. The molecule has 0 atom stereocenters. The molecule has 8 heteroatoms. The molecule has 0 spiro atoms. The lowest BCUT2D eigenvalue weighted by Gasteiger charge is -2.27. The molecule has 1 saturated heterocycles. The van der Waals surface area contributed by atoms with Gasteiger partial charge in [0.1, 0.15) is 5.82 Å². The normalized spacial score (nSPS) is 14.2. The summed E-state index contributed by atoms with van der Waals surface area (Å²) < 4.78 is 18.9. The molecule has 1 aliphatic heterocycles. The Labute approximate surface area is 145 Å². The van der Waals surface area contributed by atoms with Gasteiger partial charge < -0.3 is 20.3 Å². The van der Waals surface area contributed by atoms with Crippen molar-refractivity contribution < 1.29 is 13.9 Å². The standard InChI is InChI=1S/C17H20FN5O2/c1-12-10-13(21-16(20-12)23-6-8-25-9-7-23)11-19-17(24)22-15-5-3-2-4-14(15)18/h2-5,10H,6-9,11H2,1H3,(H2,19,22,24). The van der Waals surface area contributed by atoms with E-state index in [0.29, 0.717) is 24.9 Å². The van der Waals surface area contributed by atoms with Gasteiger partial charge >= 0.3 is 6.03 Å². The van der Waals surface area contributed by atoms with Gasteiger partial charge in [0, 0.05) is 18.8 Å². The first-order valence-corrected chi connectivity index (χ1v) is 8.08. The number of aromatic nitrogens is 2. The van der Waals surface area contributed by atoms with Crippen LogP contribution in [0, 0.1) is 12.7 Å². The fourth-order valence-electron chi connectivity index (χ4n) is 2.51. The van der Waals surface area contributed by atoms with E-state index < -0.39 is 11.8 Å². The Balaban J connectivity index is 1.61. The maximum Gasteiger partial charge on any atom is 0.319 e. The summed E-state index contributed by atoms with van der Waals surface area (Å²) in [6.45, 7) is 4.88. The molecule has 1 aliphatic rings. The average Bonchev–Trinajstić information content (AvgIpc) is 2.62. The van der Waals surface area contributed by atoms with Gasteiger partial charge in [-0.2, -0.15) is 0 Å². The zero-order valence-corrected chi connectivity index (χ0v) is 14.0. The molecule has 1 aromatic heterocycles. The molecule has 0 aliphatic carbocycles. The molecule has 0 saturated carbocycles. The van der Waals surface area contributed by atoms with Crippen LogP contribution in [0.5, 0.6) is 0 Å². The number of para-hydroxylation sites is 1. The van der Waals surface area contributed by atoms with Gasteiger partial charge in [0.15, 0.2) is 0 Å². The van der Waals surface area contributed by atoms with Gasteiger partial charge in [-0.15, -0.1) is 0 Å². The van der Waals surface area contributed by atoms with Crippen LogP contribution >= 0.6 is 0 Å². The summed E-state index contributed by atoms with van der Waals surface area (Å²) in [5, 5.41) is 5.16. The van der Waals surface area contributed by atoms with Gasteiger partial charge in [0.05, 0.1) is 31.1 Å². The van der Waals surface area contributed by atoms with E-state index in [-0.39, 0.29) is 12.2 Å². The van der Waals surface area contributed by atoms with E-state index in [1.807, 2.05) is 13.0 Å². The summed E-state index contributed by atoms with van der Waals surface area (Å²) in [6.07, 6.45) is 0. The van der Waals surface area contributed by atoms with Crippen LogP contribution in [0.3, 0.4) is 0 Å². The van der Waals surface area contributed by atoms with Crippen LogP contribution in [0.2, 0.25) is 0 Å². The van der Waals surface area contributed by atoms with Crippen molar-refractivity contribution in [1.29, 1.82) is 0 Å². The number of nitrogens with zero attached hydrogens (tertiary/aromatic N) is 3. The third-order valence-electron chi connectivity index (χ3n) is 3.74. The predicted molar refractivity (Wildman–Crippen MR) is 92.1 cm³/mol. The van der Waals surface area contributed by atoms with E-state index in [1.54, 1.807) is 12.1 Å². The third kappa shape index (κ3) is 4.63. The minimum Gasteiger partial charge on any atom is -0.378 e. The average molecular weight is 345 g/mol. The maximum absolute atomic E-state index is 13.5. The molecule has 7 nitrogen and oxygen atoms in total. The van der Waals surface area contributed by atoms with Crippen molar-refractivity contribution in [2.75, 3.05) is 36.5 Å². The number of rotatable bonds is 4. The van der Waals surface area contributed by atoms with E-state index >= 15 is 0 Å². The number of hydrogen-bond acceptors (Lipinski definition) is 5. The Hall–Kier alpha value is -2.74. The van der Waals surface area contributed by atoms with Crippen molar-refractivity contribution in [2.24, 2.45) is 0 Å². The molecule has 0 bridgehead atoms. The zero-order valence-electron chi connectivity index (χ0n) is 14.0. The van der Waals surface area contributed by atoms with Gasteiger partial charge in [-0.05, 0) is 25.1 Å². The van der Waals surface area contributed by atoms with Crippen molar-refractivity contribution in [2.45, 2.75) is 13.5 Å². The zero-order chi connectivity index (χ0) is 17.6. The van der Waals surface area contributed by atoms with Crippen molar-refractivity contribution in [3.8, 4) is 0 Å². The first kappa shape index (κ1) is 17.1.